The lowest BCUT2D eigenvalue weighted by atomic mass is 10.3. The molecule has 0 aromatic carbocycles. The Kier molecular flexibility index (Phi) is 5.85. The number of ether oxygens (including phenoxy) is 1. The Morgan fingerprint density at radius 1 is 1.58 bits per heavy atom. The molecule has 7 nitrogen and oxygen atoms in total. The van der Waals surface area contributed by atoms with Crippen molar-refractivity contribution < 1.29 is 18.3 Å². The smallest absolute Gasteiger partial charge is 0.242 e. The Labute approximate surface area is 111 Å². The molecule has 0 amide bonds. The highest BCUT2D eigenvalue weighted by atomic mass is 32.2. The highest BCUT2D eigenvalue weighted by molar-refractivity contribution is 7.89. The van der Waals surface area contributed by atoms with E-state index < -0.39 is 16.1 Å². The van der Waals surface area contributed by atoms with Gasteiger partial charge >= 0.3 is 0 Å². The molecule has 1 unspecified atom stereocenters. The van der Waals surface area contributed by atoms with Gasteiger partial charge in [-0.05, 0) is 18.6 Å². The summed E-state index contributed by atoms with van der Waals surface area (Å²) in [5.41, 5.74) is 0.148. The van der Waals surface area contributed by atoms with Crippen LogP contribution in [0.3, 0.4) is 0 Å². The molecule has 0 fully saturated rings. The number of nitrogens with one attached hydrogen (secondary N) is 1. The number of pyridine rings is 1. The van der Waals surface area contributed by atoms with Crippen molar-refractivity contribution in [3.8, 4) is 6.07 Å². The third kappa shape index (κ3) is 4.92. The number of aromatic nitrogens is 1. The maximum atomic E-state index is 11.8. The van der Waals surface area contributed by atoms with Crippen LogP contribution in [-0.4, -0.2) is 44.9 Å². The topological polar surface area (TPSA) is 112 Å². The molecule has 0 aliphatic heterocycles. The van der Waals surface area contributed by atoms with Crippen LogP contribution in [0.4, 0.5) is 0 Å². The van der Waals surface area contributed by atoms with Gasteiger partial charge in [0.15, 0.2) is 0 Å². The molecule has 1 atom stereocenters. The Bertz CT molecular complexity index is 536. The van der Waals surface area contributed by atoms with Crippen molar-refractivity contribution in [2.45, 2.75) is 17.4 Å². The highest BCUT2D eigenvalue weighted by Gasteiger charge is 2.14. The van der Waals surface area contributed by atoms with Gasteiger partial charge in [-0.3, -0.25) is 0 Å². The summed E-state index contributed by atoms with van der Waals surface area (Å²) in [6.07, 6.45) is 0.648. The standard InChI is InChI=1S/C11H15N3O4S/c1-18-8-10(15)4-5-14-19(16,17)11-3-2-9(6-12)13-7-11/h2-3,7,10,14-15H,4-5,8H2,1H3. The predicted octanol–water partition coefficient (Wildman–Crippen LogP) is -0.371. The number of nitriles is 1. The molecule has 0 spiro atoms. The molecular weight excluding hydrogens is 270 g/mol. The van der Waals surface area contributed by atoms with E-state index >= 15 is 0 Å². The maximum Gasteiger partial charge on any atom is 0.242 e. The Morgan fingerprint density at radius 3 is 2.84 bits per heavy atom. The van der Waals surface area contributed by atoms with Crippen LogP contribution in [0.5, 0.6) is 0 Å². The number of aliphatic hydroxyl groups is 1. The van der Waals surface area contributed by atoms with Gasteiger partial charge < -0.3 is 9.84 Å². The fourth-order valence-electron chi connectivity index (χ4n) is 1.32. The molecule has 1 aromatic rings. The van der Waals surface area contributed by atoms with E-state index in [-0.39, 0.29) is 30.2 Å². The Morgan fingerprint density at radius 2 is 2.32 bits per heavy atom. The number of hydrogen-bond donors (Lipinski definition) is 2. The summed E-state index contributed by atoms with van der Waals surface area (Å²) < 4.78 is 30.7. The fourth-order valence-corrected chi connectivity index (χ4v) is 2.32. The van der Waals surface area contributed by atoms with Crippen molar-refractivity contribution >= 4 is 10.0 Å². The van der Waals surface area contributed by atoms with Crippen LogP contribution in [0.25, 0.3) is 0 Å². The summed E-state index contributed by atoms with van der Waals surface area (Å²) in [6.45, 7) is 0.243. The molecule has 1 heterocycles. The van der Waals surface area contributed by atoms with Crippen molar-refractivity contribution in [1.82, 2.24) is 9.71 Å². The molecule has 0 saturated carbocycles. The van der Waals surface area contributed by atoms with Gasteiger partial charge in [0.1, 0.15) is 16.7 Å². The third-order valence-electron chi connectivity index (χ3n) is 2.29. The molecule has 1 rings (SSSR count). The number of nitrogens with zero attached hydrogens (tertiary/aromatic N) is 2. The van der Waals surface area contributed by atoms with E-state index in [4.69, 9.17) is 10.00 Å². The van der Waals surface area contributed by atoms with Gasteiger partial charge in [0, 0.05) is 19.9 Å². The largest absolute Gasteiger partial charge is 0.391 e. The van der Waals surface area contributed by atoms with Crippen LogP contribution in [-0.2, 0) is 14.8 Å². The average molecular weight is 285 g/mol. The number of methoxy groups -OCH3 is 1. The van der Waals surface area contributed by atoms with Crippen molar-refractivity contribution in [2.75, 3.05) is 20.3 Å². The third-order valence-corrected chi connectivity index (χ3v) is 3.74. The summed E-state index contributed by atoms with van der Waals surface area (Å²) in [4.78, 5) is 3.67. The van der Waals surface area contributed by atoms with Crippen LogP contribution in [0, 0.1) is 11.3 Å². The van der Waals surface area contributed by atoms with Gasteiger partial charge in [-0.1, -0.05) is 0 Å². The van der Waals surface area contributed by atoms with E-state index in [9.17, 15) is 13.5 Å². The minimum atomic E-state index is -3.67. The van der Waals surface area contributed by atoms with Crippen molar-refractivity contribution in [3.05, 3.63) is 24.0 Å². The van der Waals surface area contributed by atoms with Gasteiger partial charge in [0.2, 0.25) is 10.0 Å². The Hall–Kier alpha value is -1.53. The molecule has 0 radical (unpaired) electrons. The molecular formula is C11H15N3O4S. The van der Waals surface area contributed by atoms with Crippen molar-refractivity contribution in [3.63, 3.8) is 0 Å². The van der Waals surface area contributed by atoms with E-state index in [1.165, 1.54) is 19.2 Å². The molecule has 104 valence electrons. The Balaban J connectivity index is 2.58. The molecule has 1 aromatic heterocycles. The molecule has 0 bridgehead atoms. The van der Waals surface area contributed by atoms with Gasteiger partial charge in [0.25, 0.3) is 0 Å². The average Bonchev–Trinajstić information content (AvgIpc) is 2.39. The lowest BCUT2D eigenvalue weighted by molar-refractivity contribution is 0.0603. The van der Waals surface area contributed by atoms with Gasteiger partial charge in [-0.15, -0.1) is 0 Å². The second-order valence-electron chi connectivity index (χ2n) is 3.79. The lowest BCUT2D eigenvalue weighted by Crippen LogP contribution is -2.28. The lowest BCUT2D eigenvalue weighted by Gasteiger charge is -2.10. The first-order valence-corrected chi connectivity index (χ1v) is 7.00. The molecule has 19 heavy (non-hydrogen) atoms. The zero-order chi connectivity index (χ0) is 14.3. The first-order valence-electron chi connectivity index (χ1n) is 5.52. The molecule has 0 aliphatic carbocycles. The van der Waals surface area contributed by atoms with Crippen LogP contribution in [0.15, 0.2) is 23.2 Å². The first-order chi connectivity index (χ1) is 8.99. The van der Waals surface area contributed by atoms with Crippen LogP contribution in [0.2, 0.25) is 0 Å². The number of hydrogen-bond acceptors (Lipinski definition) is 6. The van der Waals surface area contributed by atoms with E-state index in [1.54, 1.807) is 6.07 Å². The molecule has 0 saturated heterocycles. The summed E-state index contributed by atoms with van der Waals surface area (Å²) in [6, 6.07) is 4.44. The minimum Gasteiger partial charge on any atom is -0.391 e. The summed E-state index contributed by atoms with van der Waals surface area (Å²) in [5.74, 6) is 0. The maximum absolute atomic E-state index is 11.8. The van der Waals surface area contributed by atoms with E-state index in [0.717, 1.165) is 6.20 Å². The van der Waals surface area contributed by atoms with Gasteiger partial charge in [0.05, 0.1) is 12.7 Å². The fraction of sp³-hybridized carbons (Fsp3) is 0.455. The van der Waals surface area contributed by atoms with Gasteiger partial charge in [-0.25, -0.2) is 18.1 Å². The van der Waals surface area contributed by atoms with E-state index in [2.05, 4.69) is 9.71 Å². The number of sulfonamides is 1. The first kappa shape index (κ1) is 15.5. The van der Waals surface area contributed by atoms with Crippen LogP contribution >= 0.6 is 0 Å². The number of aliphatic hydroxyl groups excluding tert-OH is 1. The predicted molar refractivity (Wildman–Crippen MR) is 66.6 cm³/mol. The number of rotatable bonds is 7. The van der Waals surface area contributed by atoms with E-state index in [1.807, 2.05) is 0 Å². The van der Waals surface area contributed by atoms with E-state index in [0.29, 0.717) is 0 Å². The second kappa shape index (κ2) is 7.16. The van der Waals surface area contributed by atoms with Crippen LogP contribution < -0.4 is 4.72 Å². The zero-order valence-corrected chi connectivity index (χ0v) is 11.2. The summed E-state index contributed by atoms with van der Waals surface area (Å²) in [7, 11) is -2.22. The van der Waals surface area contributed by atoms with Crippen LogP contribution in [0.1, 0.15) is 12.1 Å². The highest BCUT2D eigenvalue weighted by Crippen LogP contribution is 2.07. The zero-order valence-electron chi connectivity index (χ0n) is 10.4. The minimum absolute atomic E-state index is 0.0206. The van der Waals surface area contributed by atoms with Gasteiger partial charge in [-0.2, -0.15) is 5.26 Å². The second-order valence-corrected chi connectivity index (χ2v) is 5.55. The molecule has 8 heteroatoms. The van der Waals surface area contributed by atoms with Crippen molar-refractivity contribution in [2.24, 2.45) is 0 Å². The summed E-state index contributed by atoms with van der Waals surface area (Å²) in [5, 5.41) is 17.9. The summed E-state index contributed by atoms with van der Waals surface area (Å²) >= 11 is 0. The van der Waals surface area contributed by atoms with Crippen molar-refractivity contribution in [1.29, 1.82) is 5.26 Å². The molecule has 0 aliphatic rings. The monoisotopic (exact) mass is 285 g/mol. The SMILES string of the molecule is COCC(O)CCNS(=O)(=O)c1ccc(C#N)nc1. The quantitative estimate of drug-likeness (QED) is 0.706. The normalized spacial score (nSPS) is 12.9. The molecule has 2 N–H and O–H groups in total.